The van der Waals surface area contributed by atoms with E-state index in [1.54, 1.807) is 25.1 Å². The molecule has 0 radical (unpaired) electrons. The van der Waals surface area contributed by atoms with E-state index in [0.29, 0.717) is 23.4 Å². The molecule has 0 aromatic rings. The van der Waals surface area contributed by atoms with Gasteiger partial charge in [0.15, 0.2) is 5.83 Å². The van der Waals surface area contributed by atoms with Gasteiger partial charge in [-0.15, -0.1) is 5.73 Å². The average Bonchev–Trinajstić information content (AvgIpc) is 2.96. The van der Waals surface area contributed by atoms with Crippen molar-refractivity contribution in [2.24, 2.45) is 16.8 Å². The highest BCUT2D eigenvalue weighted by Gasteiger charge is 2.35. The molecule has 0 rings (SSSR count). The van der Waals surface area contributed by atoms with Crippen LogP contribution in [0.25, 0.3) is 0 Å². The molecule has 43 heavy (non-hydrogen) atoms. The van der Waals surface area contributed by atoms with Crippen LogP contribution in [-0.4, -0.2) is 12.4 Å². The van der Waals surface area contributed by atoms with Gasteiger partial charge >= 0.3 is 6.18 Å². The van der Waals surface area contributed by atoms with E-state index in [9.17, 15) is 22.0 Å². The van der Waals surface area contributed by atoms with Crippen molar-refractivity contribution in [2.45, 2.75) is 66.5 Å². The van der Waals surface area contributed by atoms with Gasteiger partial charge in [0.1, 0.15) is 18.1 Å². The quantitative estimate of drug-likeness (QED) is 0.0594. The maximum absolute atomic E-state index is 13.6. The number of nitrogens with zero attached hydrogens (tertiary/aromatic N) is 2. The Labute approximate surface area is 253 Å². The molecule has 3 nitrogen and oxygen atoms in total. The van der Waals surface area contributed by atoms with Crippen LogP contribution in [0.4, 0.5) is 22.0 Å². The lowest BCUT2D eigenvalue weighted by Gasteiger charge is -2.21. The van der Waals surface area contributed by atoms with Gasteiger partial charge in [-0.2, -0.15) is 18.4 Å². The van der Waals surface area contributed by atoms with Crippen LogP contribution in [0.1, 0.15) is 60.3 Å². The molecule has 0 aliphatic heterocycles. The van der Waals surface area contributed by atoms with Gasteiger partial charge in [0, 0.05) is 17.5 Å². The van der Waals surface area contributed by atoms with Crippen molar-refractivity contribution in [2.75, 3.05) is 0 Å². The molecule has 2 atom stereocenters. The number of hydrogen-bond acceptors (Lipinski definition) is 3. The Balaban J connectivity index is 6.67. The zero-order chi connectivity index (χ0) is 33.0. The number of aliphatic imine (C=N–C) groups is 1. The van der Waals surface area contributed by atoms with E-state index in [1.807, 2.05) is 19.9 Å². The summed E-state index contributed by atoms with van der Waals surface area (Å²) in [5.74, 6) is -2.69. The molecular formula is C35H42F5N3. The SMILES string of the molecule is C=C=C(N/C(=C/C=C)C(=CC(C)C(F)(F)F)/C(C=NC(=C)C#N)=C/C)/C(C)=C/C(CCCC)C/C(C)=C/C=C\C(F)=C\F. The number of allylic oxidation sites excluding steroid dienone is 13. The number of unbranched alkanes of at least 4 members (excludes halogenated alkanes) is 1. The number of hydrogen-bond donors (Lipinski definition) is 1. The van der Waals surface area contributed by atoms with Crippen LogP contribution in [0, 0.1) is 23.2 Å². The Bertz CT molecular complexity index is 1300. The van der Waals surface area contributed by atoms with E-state index in [1.165, 1.54) is 24.4 Å². The predicted octanol–water partition coefficient (Wildman–Crippen LogP) is 10.9. The van der Waals surface area contributed by atoms with Crippen LogP contribution < -0.4 is 5.32 Å². The summed E-state index contributed by atoms with van der Waals surface area (Å²) < 4.78 is 66.2. The van der Waals surface area contributed by atoms with Crippen molar-refractivity contribution in [1.29, 1.82) is 5.26 Å². The highest BCUT2D eigenvalue weighted by molar-refractivity contribution is 5.87. The highest BCUT2D eigenvalue weighted by Crippen LogP contribution is 2.31. The first-order chi connectivity index (χ1) is 20.3. The predicted molar refractivity (Wildman–Crippen MR) is 169 cm³/mol. The summed E-state index contributed by atoms with van der Waals surface area (Å²) in [5.41, 5.74) is 5.73. The van der Waals surface area contributed by atoms with Crippen molar-refractivity contribution in [1.82, 2.24) is 5.32 Å². The Hall–Kier alpha value is -4.21. The molecule has 2 unspecified atom stereocenters. The molecule has 0 aromatic heterocycles. The number of halogens is 5. The number of rotatable bonds is 17. The molecule has 8 heteroatoms. The zero-order valence-corrected chi connectivity index (χ0v) is 25.7. The van der Waals surface area contributed by atoms with E-state index in [0.717, 1.165) is 49.5 Å². The summed E-state index contributed by atoms with van der Waals surface area (Å²) in [6.45, 7) is 19.5. The third-order valence-corrected chi connectivity index (χ3v) is 6.19. The van der Waals surface area contributed by atoms with E-state index in [4.69, 9.17) is 5.26 Å². The van der Waals surface area contributed by atoms with Gasteiger partial charge < -0.3 is 5.32 Å². The van der Waals surface area contributed by atoms with Crippen LogP contribution in [-0.2, 0) is 0 Å². The van der Waals surface area contributed by atoms with Crippen LogP contribution in [0.3, 0.4) is 0 Å². The fraction of sp³-hybridized carbons (Fsp3) is 0.343. The topological polar surface area (TPSA) is 48.2 Å². The second-order valence-corrected chi connectivity index (χ2v) is 9.79. The van der Waals surface area contributed by atoms with E-state index < -0.39 is 17.9 Å². The van der Waals surface area contributed by atoms with Crippen molar-refractivity contribution in [3.63, 3.8) is 0 Å². The van der Waals surface area contributed by atoms with Crippen molar-refractivity contribution >= 4 is 6.21 Å². The van der Waals surface area contributed by atoms with E-state index in [2.05, 4.69) is 42.7 Å². The summed E-state index contributed by atoms with van der Waals surface area (Å²) in [6, 6.07) is 1.79. The number of nitriles is 1. The first kappa shape index (κ1) is 38.8. The Morgan fingerprint density at radius 2 is 1.84 bits per heavy atom. The van der Waals surface area contributed by atoms with Crippen molar-refractivity contribution in [3.8, 4) is 6.07 Å². The van der Waals surface area contributed by atoms with Crippen LogP contribution >= 0.6 is 0 Å². The van der Waals surface area contributed by atoms with Gasteiger partial charge in [-0.1, -0.05) is 88.5 Å². The summed E-state index contributed by atoms with van der Waals surface area (Å²) in [4.78, 5) is 3.96. The highest BCUT2D eigenvalue weighted by atomic mass is 19.4. The first-order valence-electron chi connectivity index (χ1n) is 13.8. The fourth-order valence-corrected chi connectivity index (χ4v) is 3.87. The smallest absolute Gasteiger partial charge is 0.348 e. The molecular weight excluding hydrogens is 557 g/mol. The normalized spacial score (nSPS) is 15.7. The molecule has 232 valence electrons. The molecule has 0 amide bonds. The lowest BCUT2D eigenvalue weighted by Crippen LogP contribution is -2.21. The van der Waals surface area contributed by atoms with Crippen molar-refractivity contribution < 1.29 is 22.0 Å². The largest absolute Gasteiger partial charge is 0.394 e. The minimum absolute atomic E-state index is 0.0821. The molecule has 0 aliphatic rings. The lowest BCUT2D eigenvalue weighted by molar-refractivity contribution is -0.156. The molecule has 0 saturated carbocycles. The standard InChI is InChI=1S/C35H42F5N3/c1-9-13-17-29(19-25(5)16-14-18-31(37)22-36)20-26(6)33(12-4)43-34(15-10-2)32(21-27(7)35(38,39)40)30(11-3)24-42-28(8)23-41/h10-11,14-16,18,20-22,24,27,29,43H,2,4,8-9,13,17,19H2,1,3,5-7H3/b18-14-,25-16+,26-20+,30-11+,31-22-,32-21?,34-15+,42-24?. The Kier molecular flexibility index (Phi) is 18.6. The summed E-state index contributed by atoms with van der Waals surface area (Å²) in [6.07, 6.45) is 12.0. The van der Waals surface area contributed by atoms with Gasteiger partial charge in [0.2, 0.25) is 0 Å². The molecule has 0 spiro atoms. The molecule has 0 aliphatic carbocycles. The third-order valence-electron chi connectivity index (χ3n) is 6.19. The molecule has 0 aromatic carbocycles. The second kappa shape index (κ2) is 20.6. The average molecular weight is 600 g/mol. The molecule has 0 heterocycles. The summed E-state index contributed by atoms with van der Waals surface area (Å²) in [7, 11) is 0. The van der Waals surface area contributed by atoms with Gasteiger partial charge in [-0.05, 0) is 62.8 Å². The van der Waals surface area contributed by atoms with Crippen LogP contribution in [0.5, 0.6) is 0 Å². The minimum Gasteiger partial charge on any atom is -0.348 e. The Morgan fingerprint density at radius 1 is 1.16 bits per heavy atom. The molecule has 0 fully saturated rings. The molecule has 0 bridgehead atoms. The van der Waals surface area contributed by atoms with Crippen LogP contribution in [0.2, 0.25) is 0 Å². The summed E-state index contributed by atoms with van der Waals surface area (Å²) in [5, 5.41) is 12.2. The van der Waals surface area contributed by atoms with Gasteiger partial charge in [-0.25, -0.2) is 13.8 Å². The van der Waals surface area contributed by atoms with Gasteiger partial charge in [0.05, 0.1) is 11.6 Å². The maximum atomic E-state index is 13.6. The Morgan fingerprint density at radius 3 is 2.35 bits per heavy atom. The number of alkyl halides is 3. The van der Waals surface area contributed by atoms with E-state index in [-0.39, 0.29) is 23.5 Å². The number of nitrogens with one attached hydrogen (secondary N) is 1. The third kappa shape index (κ3) is 15.6. The molecule has 0 saturated heterocycles. The molecule has 1 N–H and O–H groups in total. The van der Waals surface area contributed by atoms with Gasteiger partial charge in [-0.3, -0.25) is 0 Å². The second-order valence-electron chi connectivity index (χ2n) is 9.79. The van der Waals surface area contributed by atoms with E-state index >= 15 is 0 Å². The maximum Gasteiger partial charge on any atom is 0.394 e. The lowest BCUT2D eigenvalue weighted by atomic mass is 9.91. The first-order valence-corrected chi connectivity index (χ1v) is 13.8. The fourth-order valence-electron chi connectivity index (χ4n) is 3.87. The zero-order valence-electron chi connectivity index (χ0n) is 25.7. The van der Waals surface area contributed by atoms with Crippen molar-refractivity contribution in [3.05, 3.63) is 126 Å². The van der Waals surface area contributed by atoms with Crippen LogP contribution in [0.15, 0.2) is 131 Å². The van der Waals surface area contributed by atoms with Gasteiger partial charge in [0.25, 0.3) is 0 Å². The monoisotopic (exact) mass is 599 g/mol. The minimum atomic E-state index is -4.50. The summed E-state index contributed by atoms with van der Waals surface area (Å²) >= 11 is 0.